The smallest absolute Gasteiger partial charge is 0.337 e. The van der Waals surface area contributed by atoms with Gasteiger partial charge in [-0.1, -0.05) is 76.5 Å². The van der Waals surface area contributed by atoms with Gasteiger partial charge >= 0.3 is 11.9 Å². The summed E-state index contributed by atoms with van der Waals surface area (Å²) < 4.78 is 15.3. The molecule has 0 unspecified atom stereocenters. The van der Waals surface area contributed by atoms with Crippen molar-refractivity contribution in [1.82, 2.24) is 0 Å². The summed E-state index contributed by atoms with van der Waals surface area (Å²) in [7, 11) is 0. The molecule has 0 radical (unpaired) electrons. The highest BCUT2D eigenvalue weighted by atomic mass is 16.6. The van der Waals surface area contributed by atoms with E-state index < -0.39 is 11.9 Å². The van der Waals surface area contributed by atoms with Gasteiger partial charge in [-0.15, -0.1) is 0 Å². The van der Waals surface area contributed by atoms with E-state index in [2.05, 4.69) is 6.92 Å². The fraction of sp³-hybridized carbons (Fsp3) is 0.636. The molecule has 5 nitrogen and oxygen atoms in total. The molecule has 0 fully saturated rings. The van der Waals surface area contributed by atoms with Crippen LogP contribution in [0.4, 0.5) is 0 Å². The maximum atomic E-state index is 11.7. The predicted molar refractivity (Wildman–Crippen MR) is 106 cm³/mol. The number of aryl methyl sites for hydroxylation is 1. The molecule has 27 heavy (non-hydrogen) atoms. The van der Waals surface area contributed by atoms with Crippen LogP contribution in [0.25, 0.3) is 0 Å². The van der Waals surface area contributed by atoms with Crippen LogP contribution in [0.15, 0.2) is 24.3 Å². The Hall–Kier alpha value is -1.88. The summed E-state index contributed by atoms with van der Waals surface area (Å²) in [6.45, 7) is 3.98. The topological polar surface area (TPSA) is 61.8 Å². The van der Waals surface area contributed by atoms with E-state index in [4.69, 9.17) is 14.2 Å². The number of carbonyl (C=O) groups is 2. The summed E-state index contributed by atoms with van der Waals surface area (Å²) in [4.78, 5) is 23.3. The fourth-order valence-corrected chi connectivity index (χ4v) is 2.68. The van der Waals surface area contributed by atoms with Crippen LogP contribution in [0.5, 0.6) is 5.75 Å². The molecule has 0 spiro atoms. The van der Waals surface area contributed by atoms with Gasteiger partial charge in [0.1, 0.15) is 19.0 Å². The molecule has 0 saturated carbocycles. The van der Waals surface area contributed by atoms with Crippen LogP contribution in [0.3, 0.4) is 0 Å². The van der Waals surface area contributed by atoms with E-state index in [1.165, 1.54) is 44.9 Å². The Morgan fingerprint density at radius 3 is 2.07 bits per heavy atom. The number of ether oxygens (including phenoxy) is 3. The van der Waals surface area contributed by atoms with Gasteiger partial charge in [-0.3, -0.25) is 0 Å². The van der Waals surface area contributed by atoms with Crippen LogP contribution in [-0.4, -0.2) is 31.8 Å². The van der Waals surface area contributed by atoms with Gasteiger partial charge in [0.05, 0.1) is 6.61 Å². The van der Waals surface area contributed by atoms with Gasteiger partial charge in [-0.2, -0.15) is 0 Å². The summed E-state index contributed by atoms with van der Waals surface area (Å²) in [6, 6.07) is 7.23. The Morgan fingerprint density at radius 2 is 1.41 bits per heavy atom. The summed E-state index contributed by atoms with van der Waals surface area (Å²) in [6.07, 6.45) is 11.0. The third-order valence-electron chi connectivity index (χ3n) is 4.27. The van der Waals surface area contributed by atoms with Crippen molar-refractivity contribution in [3.8, 4) is 5.75 Å². The second-order valence-corrected chi connectivity index (χ2v) is 6.78. The molecule has 0 heterocycles. The van der Waals surface area contributed by atoms with Gasteiger partial charge < -0.3 is 14.2 Å². The number of benzene rings is 1. The lowest BCUT2D eigenvalue weighted by Crippen LogP contribution is -2.20. The van der Waals surface area contributed by atoms with Crippen molar-refractivity contribution in [3.63, 3.8) is 0 Å². The van der Waals surface area contributed by atoms with E-state index in [1.807, 2.05) is 19.1 Å². The normalized spacial score (nSPS) is 10.6. The molecule has 0 atom stereocenters. The number of esters is 2. The molecule has 0 bridgehead atoms. The second-order valence-electron chi connectivity index (χ2n) is 6.78. The highest BCUT2D eigenvalue weighted by Gasteiger charge is 2.09. The van der Waals surface area contributed by atoms with Crippen molar-refractivity contribution in [2.45, 2.75) is 71.6 Å². The highest BCUT2D eigenvalue weighted by molar-refractivity contribution is 5.75. The van der Waals surface area contributed by atoms with Gasteiger partial charge in [0, 0.05) is 0 Å². The SMILES string of the molecule is CCCCCCCCCCCOC(=O)COCC(=O)Oc1ccccc1C. The Kier molecular flexibility index (Phi) is 13.0. The molecule has 1 rings (SSSR count). The molecule has 1 aromatic rings. The number of para-hydroxylation sites is 1. The van der Waals surface area contributed by atoms with Gasteiger partial charge in [-0.05, 0) is 25.0 Å². The summed E-state index contributed by atoms with van der Waals surface area (Å²) in [5.41, 5.74) is 0.867. The molecule has 0 N–H and O–H groups in total. The standard InChI is InChI=1S/C22H34O5/c1-3-4-5-6-7-8-9-10-13-16-26-21(23)17-25-18-22(24)27-20-15-12-11-14-19(20)2/h11-12,14-15H,3-10,13,16-18H2,1-2H3. The lowest BCUT2D eigenvalue weighted by Gasteiger charge is -2.08. The number of rotatable bonds is 15. The number of unbranched alkanes of at least 4 members (excludes halogenated alkanes) is 8. The van der Waals surface area contributed by atoms with E-state index in [0.29, 0.717) is 12.4 Å². The third-order valence-corrected chi connectivity index (χ3v) is 4.27. The summed E-state index contributed by atoms with van der Waals surface area (Å²) in [5, 5.41) is 0. The molecule has 0 aliphatic rings. The van der Waals surface area contributed by atoms with Crippen LogP contribution >= 0.6 is 0 Å². The van der Waals surface area contributed by atoms with Crippen molar-refractivity contribution in [3.05, 3.63) is 29.8 Å². The van der Waals surface area contributed by atoms with Gasteiger partial charge in [-0.25, -0.2) is 9.59 Å². The Balaban J connectivity index is 1.95. The largest absolute Gasteiger partial charge is 0.464 e. The minimum atomic E-state index is -0.531. The van der Waals surface area contributed by atoms with Gasteiger partial charge in [0.2, 0.25) is 0 Å². The van der Waals surface area contributed by atoms with E-state index in [1.54, 1.807) is 12.1 Å². The predicted octanol–water partition coefficient (Wildman–Crippen LogP) is 4.99. The van der Waals surface area contributed by atoms with Crippen molar-refractivity contribution in [1.29, 1.82) is 0 Å². The first kappa shape index (κ1) is 23.2. The lowest BCUT2D eigenvalue weighted by molar-refractivity contribution is -0.152. The minimum Gasteiger partial charge on any atom is -0.464 e. The average molecular weight is 379 g/mol. The molecular weight excluding hydrogens is 344 g/mol. The summed E-state index contributed by atoms with van der Waals surface area (Å²) in [5.74, 6) is -0.478. The van der Waals surface area contributed by atoms with Crippen LogP contribution in [0, 0.1) is 6.92 Å². The van der Waals surface area contributed by atoms with Crippen LogP contribution < -0.4 is 4.74 Å². The van der Waals surface area contributed by atoms with Crippen LogP contribution in [-0.2, 0) is 19.1 Å². The molecule has 0 saturated heterocycles. The highest BCUT2D eigenvalue weighted by Crippen LogP contribution is 2.16. The van der Waals surface area contributed by atoms with Crippen molar-refractivity contribution >= 4 is 11.9 Å². The van der Waals surface area contributed by atoms with E-state index in [9.17, 15) is 9.59 Å². The number of hydrogen-bond acceptors (Lipinski definition) is 5. The maximum Gasteiger partial charge on any atom is 0.337 e. The van der Waals surface area contributed by atoms with E-state index >= 15 is 0 Å². The third kappa shape index (κ3) is 12.2. The lowest BCUT2D eigenvalue weighted by atomic mass is 10.1. The molecule has 152 valence electrons. The molecule has 5 heteroatoms. The van der Waals surface area contributed by atoms with Crippen molar-refractivity contribution < 1.29 is 23.8 Å². The van der Waals surface area contributed by atoms with E-state index in [0.717, 1.165) is 18.4 Å². The van der Waals surface area contributed by atoms with Crippen molar-refractivity contribution in [2.24, 2.45) is 0 Å². The van der Waals surface area contributed by atoms with Gasteiger partial charge in [0.25, 0.3) is 0 Å². The van der Waals surface area contributed by atoms with Crippen molar-refractivity contribution in [2.75, 3.05) is 19.8 Å². The first-order chi connectivity index (χ1) is 13.1. The van der Waals surface area contributed by atoms with Gasteiger partial charge in [0.15, 0.2) is 0 Å². The molecule has 0 aliphatic heterocycles. The van der Waals surface area contributed by atoms with E-state index in [-0.39, 0.29) is 13.2 Å². The zero-order chi connectivity index (χ0) is 19.7. The Bertz CT molecular complexity index is 541. The minimum absolute atomic E-state index is 0.236. The molecule has 0 aromatic heterocycles. The average Bonchev–Trinajstić information content (AvgIpc) is 2.65. The number of carbonyl (C=O) groups excluding carboxylic acids is 2. The molecule has 1 aromatic carbocycles. The second kappa shape index (κ2) is 15.2. The number of hydrogen-bond donors (Lipinski definition) is 0. The van der Waals surface area contributed by atoms with Crippen LogP contribution in [0.2, 0.25) is 0 Å². The molecule has 0 aliphatic carbocycles. The van der Waals surface area contributed by atoms with Crippen LogP contribution in [0.1, 0.15) is 70.3 Å². The summed E-state index contributed by atoms with van der Waals surface area (Å²) >= 11 is 0. The zero-order valence-electron chi connectivity index (χ0n) is 16.8. The molecule has 0 amide bonds. The Labute approximate surface area is 163 Å². The molecular formula is C22H34O5. The quantitative estimate of drug-likeness (QED) is 0.244. The zero-order valence-corrected chi connectivity index (χ0v) is 16.8. The maximum absolute atomic E-state index is 11.7. The first-order valence-corrected chi connectivity index (χ1v) is 10.1. The first-order valence-electron chi connectivity index (χ1n) is 10.1. The fourth-order valence-electron chi connectivity index (χ4n) is 2.68. The monoisotopic (exact) mass is 378 g/mol. The Morgan fingerprint density at radius 1 is 0.815 bits per heavy atom.